The molecule has 0 radical (unpaired) electrons. The Hall–Kier alpha value is -3.27. The largest absolute Gasteiger partial charge is 0.332 e. The van der Waals surface area contributed by atoms with Crippen LogP contribution < -0.4 is 16.1 Å². The van der Waals surface area contributed by atoms with Gasteiger partial charge in [-0.15, -0.1) is 0 Å². The number of nitrogens with zero attached hydrogens (tertiary/aromatic N) is 6. The van der Waals surface area contributed by atoms with E-state index in [0.717, 1.165) is 14.8 Å². The smallest absolute Gasteiger partial charge is 0.315 e. The van der Waals surface area contributed by atoms with Gasteiger partial charge in [-0.05, 0) is 18.1 Å². The molecule has 9 nitrogen and oxygen atoms in total. The number of rotatable bonds is 5. The van der Waals surface area contributed by atoms with Crippen molar-refractivity contribution in [3.8, 4) is 0 Å². The molecular weight excluding hydrogens is 404 g/mol. The van der Waals surface area contributed by atoms with Gasteiger partial charge in [0.2, 0.25) is 5.91 Å². The van der Waals surface area contributed by atoms with Gasteiger partial charge in [-0.1, -0.05) is 37.3 Å². The van der Waals surface area contributed by atoms with Crippen molar-refractivity contribution in [3.05, 3.63) is 51.4 Å². The van der Waals surface area contributed by atoms with Crippen LogP contribution >= 0.6 is 11.3 Å². The number of anilines is 1. The van der Waals surface area contributed by atoms with Crippen molar-refractivity contribution in [1.29, 1.82) is 0 Å². The zero-order valence-electron chi connectivity index (χ0n) is 17.2. The lowest BCUT2D eigenvalue weighted by molar-refractivity contribution is -0.119. The number of amides is 1. The summed E-state index contributed by atoms with van der Waals surface area (Å²) in [6, 6.07) is 7.75. The fourth-order valence-corrected chi connectivity index (χ4v) is 4.37. The number of aryl methyl sites for hydroxylation is 1. The van der Waals surface area contributed by atoms with Gasteiger partial charge in [-0.3, -0.25) is 23.6 Å². The Morgan fingerprint density at radius 3 is 2.60 bits per heavy atom. The predicted octanol–water partition coefficient (Wildman–Crippen LogP) is 1.73. The fraction of sp³-hybridized carbons (Fsp3) is 0.350. The molecular formula is C20H22N6O3S. The van der Waals surface area contributed by atoms with Crippen molar-refractivity contribution in [2.45, 2.75) is 20.4 Å². The van der Waals surface area contributed by atoms with Crippen LogP contribution in [0.15, 0.2) is 40.2 Å². The molecule has 0 fully saturated rings. The van der Waals surface area contributed by atoms with Gasteiger partial charge in [0.05, 0.1) is 16.5 Å². The molecule has 0 aliphatic heterocycles. The maximum absolute atomic E-state index is 13.3. The lowest BCUT2D eigenvalue weighted by atomic mass is 10.2. The summed E-state index contributed by atoms with van der Waals surface area (Å²) < 4.78 is 4.83. The number of para-hydroxylation sites is 1. The molecule has 0 bridgehead atoms. The normalized spacial score (nSPS) is 11.6. The molecule has 0 aliphatic rings. The Morgan fingerprint density at radius 2 is 1.90 bits per heavy atom. The van der Waals surface area contributed by atoms with Crippen molar-refractivity contribution < 1.29 is 4.79 Å². The molecule has 30 heavy (non-hydrogen) atoms. The topological polar surface area (TPSA) is 95.0 Å². The number of thiazole rings is 1. The van der Waals surface area contributed by atoms with E-state index in [1.807, 2.05) is 38.1 Å². The van der Waals surface area contributed by atoms with E-state index < -0.39 is 11.2 Å². The minimum absolute atomic E-state index is 0.0768. The third-order valence-corrected chi connectivity index (χ3v) is 5.94. The van der Waals surface area contributed by atoms with Crippen LogP contribution in [0.3, 0.4) is 0 Å². The molecule has 4 rings (SSSR count). The molecule has 1 aromatic carbocycles. The van der Waals surface area contributed by atoms with E-state index in [1.54, 1.807) is 11.9 Å². The van der Waals surface area contributed by atoms with Crippen LogP contribution in [0.4, 0.5) is 5.13 Å². The lowest BCUT2D eigenvalue weighted by Gasteiger charge is -2.22. The molecule has 0 saturated carbocycles. The first-order valence-electron chi connectivity index (χ1n) is 9.54. The Kier molecular flexibility index (Phi) is 5.02. The number of fused-ring (bicyclic) bond motifs is 2. The maximum Gasteiger partial charge on any atom is 0.332 e. The molecule has 0 saturated heterocycles. The monoisotopic (exact) mass is 426 g/mol. The van der Waals surface area contributed by atoms with E-state index in [1.165, 1.54) is 33.8 Å². The van der Waals surface area contributed by atoms with Crippen molar-refractivity contribution in [2.24, 2.45) is 20.0 Å². The van der Waals surface area contributed by atoms with Gasteiger partial charge in [0, 0.05) is 20.6 Å². The van der Waals surface area contributed by atoms with Gasteiger partial charge in [0.15, 0.2) is 16.3 Å². The second kappa shape index (κ2) is 7.52. The summed E-state index contributed by atoms with van der Waals surface area (Å²) in [5.74, 6) is 0.0344. The summed E-state index contributed by atoms with van der Waals surface area (Å²) >= 11 is 1.46. The highest BCUT2D eigenvalue weighted by Crippen LogP contribution is 2.29. The fourth-order valence-electron chi connectivity index (χ4n) is 3.38. The van der Waals surface area contributed by atoms with Crippen molar-refractivity contribution in [3.63, 3.8) is 0 Å². The van der Waals surface area contributed by atoms with E-state index in [4.69, 9.17) is 0 Å². The Balaban J connectivity index is 1.75. The standard InChI is InChI=1S/C20H22N6O3S/c1-12(2)9-26(19-22-13-7-5-6-8-14(13)30-19)15(27)10-25-11-21-17-16(25)18(28)24(4)20(29)23(17)3/h5-8,11-12H,9-10H2,1-4H3. The van der Waals surface area contributed by atoms with Gasteiger partial charge in [0.25, 0.3) is 5.56 Å². The van der Waals surface area contributed by atoms with Gasteiger partial charge in [-0.25, -0.2) is 14.8 Å². The number of carbonyl (C=O) groups is 1. The molecule has 4 aromatic rings. The van der Waals surface area contributed by atoms with Crippen LogP contribution in [0.5, 0.6) is 0 Å². The molecule has 3 heterocycles. The second-order valence-corrected chi connectivity index (χ2v) is 8.62. The predicted molar refractivity (Wildman–Crippen MR) is 117 cm³/mol. The quantitative estimate of drug-likeness (QED) is 0.484. The molecule has 0 aliphatic carbocycles. The van der Waals surface area contributed by atoms with E-state index in [9.17, 15) is 14.4 Å². The van der Waals surface area contributed by atoms with Gasteiger partial charge < -0.3 is 4.57 Å². The summed E-state index contributed by atoms with van der Waals surface area (Å²) in [5, 5.41) is 0.625. The number of carbonyl (C=O) groups excluding carboxylic acids is 1. The van der Waals surface area contributed by atoms with Crippen molar-refractivity contribution in [1.82, 2.24) is 23.7 Å². The molecule has 0 N–H and O–H groups in total. The van der Waals surface area contributed by atoms with Crippen molar-refractivity contribution in [2.75, 3.05) is 11.4 Å². The summed E-state index contributed by atoms with van der Waals surface area (Å²) in [7, 11) is 2.96. The molecule has 1 amide bonds. The van der Waals surface area contributed by atoms with E-state index in [-0.39, 0.29) is 29.5 Å². The third-order valence-electron chi connectivity index (χ3n) is 4.89. The summed E-state index contributed by atoms with van der Waals surface area (Å²) in [5.41, 5.74) is 0.387. The highest BCUT2D eigenvalue weighted by atomic mass is 32.1. The molecule has 0 atom stereocenters. The Bertz CT molecular complexity index is 1340. The Morgan fingerprint density at radius 1 is 1.17 bits per heavy atom. The minimum Gasteiger partial charge on any atom is -0.315 e. The van der Waals surface area contributed by atoms with Gasteiger partial charge in [-0.2, -0.15) is 0 Å². The SMILES string of the molecule is CC(C)CN(C(=O)Cn1cnc2c1c(=O)n(C)c(=O)n2C)c1nc2ccccc2s1. The zero-order chi connectivity index (χ0) is 21.6. The van der Waals surface area contributed by atoms with Crippen LogP contribution in [0.1, 0.15) is 13.8 Å². The summed E-state index contributed by atoms with van der Waals surface area (Å²) in [4.78, 5) is 48.5. The zero-order valence-corrected chi connectivity index (χ0v) is 18.0. The second-order valence-electron chi connectivity index (χ2n) is 7.61. The van der Waals surface area contributed by atoms with Crippen LogP contribution in [0.2, 0.25) is 0 Å². The van der Waals surface area contributed by atoms with Gasteiger partial charge in [0.1, 0.15) is 6.54 Å². The van der Waals surface area contributed by atoms with E-state index >= 15 is 0 Å². The first kappa shape index (κ1) is 20.0. The molecule has 10 heteroatoms. The average Bonchev–Trinajstić information content (AvgIpc) is 3.32. The maximum atomic E-state index is 13.3. The first-order valence-corrected chi connectivity index (χ1v) is 10.4. The number of imidazole rings is 1. The van der Waals surface area contributed by atoms with Crippen LogP contribution in [-0.4, -0.2) is 36.1 Å². The summed E-state index contributed by atoms with van der Waals surface area (Å²) in [6.45, 7) is 4.49. The highest BCUT2D eigenvalue weighted by Gasteiger charge is 2.23. The molecule has 0 unspecified atom stereocenters. The highest BCUT2D eigenvalue weighted by molar-refractivity contribution is 7.22. The number of aromatic nitrogens is 5. The number of hydrogen-bond acceptors (Lipinski definition) is 6. The minimum atomic E-state index is -0.478. The van der Waals surface area contributed by atoms with Gasteiger partial charge >= 0.3 is 5.69 Å². The van der Waals surface area contributed by atoms with E-state index in [0.29, 0.717) is 11.7 Å². The molecule has 0 spiro atoms. The van der Waals surface area contributed by atoms with Crippen LogP contribution in [-0.2, 0) is 25.4 Å². The molecule has 3 aromatic heterocycles. The lowest BCUT2D eigenvalue weighted by Crippen LogP contribution is -2.39. The number of benzene rings is 1. The Labute approximate surface area is 175 Å². The van der Waals surface area contributed by atoms with E-state index in [2.05, 4.69) is 9.97 Å². The first-order chi connectivity index (χ1) is 14.3. The molecule has 156 valence electrons. The van der Waals surface area contributed by atoms with Crippen LogP contribution in [0.25, 0.3) is 21.4 Å². The average molecular weight is 427 g/mol. The van der Waals surface area contributed by atoms with Crippen molar-refractivity contribution >= 4 is 43.8 Å². The third kappa shape index (κ3) is 3.32. The number of hydrogen-bond donors (Lipinski definition) is 0. The summed E-state index contributed by atoms with van der Waals surface area (Å²) in [6.07, 6.45) is 1.43. The van der Waals surface area contributed by atoms with Crippen LogP contribution in [0, 0.1) is 5.92 Å².